The van der Waals surface area contributed by atoms with Crippen LogP contribution in [0.15, 0.2) is 73.3 Å². The van der Waals surface area contributed by atoms with E-state index >= 15 is 0 Å². The van der Waals surface area contributed by atoms with Crippen LogP contribution in [0.4, 0.5) is 0 Å². The highest BCUT2D eigenvalue weighted by molar-refractivity contribution is 5.85. The number of ether oxygens (including phenoxy) is 3. The van der Waals surface area contributed by atoms with Crippen molar-refractivity contribution in [2.24, 2.45) is 0 Å². The molecule has 0 aromatic heterocycles. The molecule has 146 valence electrons. The van der Waals surface area contributed by atoms with E-state index in [9.17, 15) is 4.79 Å². The predicted molar refractivity (Wildman–Crippen MR) is 114 cm³/mol. The van der Waals surface area contributed by atoms with Crippen LogP contribution >= 0.6 is 0 Å². The molecule has 0 atom stereocenters. The Bertz CT molecular complexity index is 1060. The second-order valence-electron chi connectivity index (χ2n) is 6.28. The van der Waals surface area contributed by atoms with Crippen molar-refractivity contribution in [2.75, 3.05) is 20.3 Å². The van der Waals surface area contributed by atoms with Gasteiger partial charge in [-0.25, -0.2) is 4.79 Å². The summed E-state index contributed by atoms with van der Waals surface area (Å²) in [6, 6.07) is 19.7. The number of rotatable bonds is 7. The van der Waals surface area contributed by atoms with E-state index < -0.39 is 5.97 Å². The first-order chi connectivity index (χ1) is 14.2. The molecule has 0 unspecified atom stereocenters. The molecule has 0 saturated heterocycles. The monoisotopic (exact) mass is 386 g/mol. The minimum absolute atomic E-state index is 0.314. The van der Waals surface area contributed by atoms with Crippen molar-refractivity contribution in [2.45, 2.75) is 6.42 Å². The van der Waals surface area contributed by atoms with E-state index in [-0.39, 0.29) is 0 Å². The SMILES string of the molecule is C=CC(=O)OCCCOc1ccc2cc(C#Cc3ccc(OC)cc3)ccc2c1. The lowest BCUT2D eigenvalue weighted by molar-refractivity contribution is -0.137. The Labute approximate surface area is 170 Å². The Hall–Kier alpha value is -3.71. The summed E-state index contributed by atoms with van der Waals surface area (Å²) in [5, 5.41) is 2.18. The van der Waals surface area contributed by atoms with Gasteiger partial charge in [0.1, 0.15) is 11.5 Å². The summed E-state index contributed by atoms with van der Waals surface area (Å²) < 4.78 is 15.8. The van der Waals surface area contributed by atoms with Crippen molar-refractivity contribution >= 4 is 16.7 Å². The third kappa shape index (κ3) is 5.88. The summed E-state index contributed by atoms with van der Waals surface area (Å²) in [4.78, 5) is 11.0. The smallest absolute Gasteiger partial charge is 0.330 e. The van der Waals surface area contributed by atoms with Crippen LogP contribution in [-0.4, -0.2) is 26.3 Å². The van der Waals surface area contributed by atoms with Gasteiger partial charge in [0.15, 0.2) is 0 Å². The minimum Gasteiger partial charge on any atom is -0.497 e. The van der Waals surface area contributed by atoms with E-state index in [1.807, 2.05) is 54.6 Å². The van der Waals surface area contributed by atoms with Crippen LogP contribution in [-0.2, 0) is 9.53 Å². The second-order valence-corrected chi connectivity index (χ2v) is 6.28. The summed E-state index contributed by atoms with van der Waals surface area (Å²) in [6.45, 7) is 4.14. The lowest BCUT2D eigenvalue weighted by Gasteiger charge is -2.08. The summed E-state index contributed by atoms with van der Waals surface area (Å²) >= 11 is 0. The number of fused-ring (bicyclic) bond motifs is 1. The van der Waals surface area contributed by atoms with Crippen LogP contribution in [0.1, 0.15) is 17.5 Å². The average molecular weight is 386 g/mol. The average Bonchev–Trinajstić information content (AvgIpc) is 2.77. The van der Waals surface area contributed by atoms with E-state index in [4.69, 9.17) is 14.2 Å². The highest BCUT2D eigenvalue weighted by Crippen LogP contribution is 2.22. The number of hydrogen-bond acceptors (Lipinski definition) is 4. The van der Waals surface area contributed by atoms with Gasteiger partial charge in [0.25, 0.3) is 0 Å². The van der Waals surface area contributed by atoms with Crippen molar-refractivity contribution in [3.05, 3.63) is 84.4 Å². The molecule has 0 N–H and O–H groups in total. The Balaban J connectivity index is 1.61. The molecule has 3 rings (SSSR count). The number of benzene rings is 3. The number of carbonyl (C=O) groups is 1. The van der Waals surface area contributed by atoms with Gasteiger partial charge in [0.2, 0.25) is 0 Å². The number of esters is 1. The van der Waals surface area contributed by atoms with Gasteiger partial charge in [0, 0.05) is 23.6 Å². The summed E-state index contributed by atoms with van der Waals surface area (Å²) in [7, 11) is 1.65. The molecule has 0 aliphatic rings. The highest BCUT2D eigenvalue weighted by atomic mass is 16.5. The molecule has 3 aromatic rings. The van der Waals surface area contributed by atoms with Gasteiger partial charge in [-0.3, -0.25) is 0 Å². The first-order valence-electron chi connectivity index (χ1n) is 9.30. The van der Waals surface area contributed by atoms with E-state index in [1.54, 1.807) is 7.11 Å². The van der Waals surface area contributed by atoms with Crippen molar-refractivity contribution in [3.8, 4) is 23.3 Å². The molecule has 0 spiro atoms. The zero-order valence-corrected chi connectivity index (χ0v) is 16.3. The van der Waals surface area contributed by atoms with Gasteiger partial charge < -0.3 is 14.2 Å². The zero-order chi connectivity index (χ0) is 20.5. The first kappa shape index (κ1) is 20.0. The minimum atomic E-state index is -0.415. The summed E-state index contributed by atoms with van der Waals surface area (Å²) in [6.07, 6.45) is 1.78. The molecule has 0 amide bonds. The van der Waals surface area contributed by atoms with E-state index in [0.29, 0.717) is 19.6 Å². The number of hydrogen-bond donors (Lipinski definition) is 0. The maximum Gasteiger partial charge on any atom is 0.330 e. The fourth-order valence-corrected chi connectivity index (χ4v) is 2.69. The molecule has 0 radical (unpaired) electrons. The molecule has 29 heavy (non-hydrogen) atoms. The van der Waals surface area contributed by atoms with Crippen molar-refractivity contribution in [3.63, 3.8) is 0 Å². The molecule has 0 fully saturated rings. The van der Waals surface area contributed by atoms with Crippen LogP contribution in [0, 0.1) is 11.8 Å². The molecule has 0 saturated carbocycles. The maximum atomic E-state index is 11.0. The van der Waals surface area contributed by atoms with Crippen LogP contribution < -0.4 is 9.47 Å². The third-order valence-electron chi connectivity index (χ3n) is 4.22. The number of methoxy groups -OCH3 is 1. The van der Waals surface area contributed by atoms with Gasteiger partial charge >= 0.3 is 5.97 Å². The molecular weight excluding hydrogens is 364 g/mol. The van der Waals surface area contributed by atoms with E-state index in [1.165, 1.54) is 0 Å². The lowest BCUT2D eigenvalue weighted by atomic mass is 10.1. The van der Waals surface area contributed by atoms with Crippen molar-refractivity contribution in [1.82, 2.24) is 0 Å². The zero-order valence-electron chi connectivity index (χ0n) is 16.3. The molecule has 4 heteroatoms. The van der Waals surface area contributed by atoms with Crippen molar-refractivity contribution in [1.29, 1.82) is 0 Å². The Kier molecular flexibility index (Phi) is 6.91. The quantitative estimate of drug-likeness (QED) is 0.254. The Morgan fingerprint density at radius 2 is 1.55 bits per heavy atom. The van der Waals surface area contributed by atoms with Gasteiger partial charge in [-0.2, -0.15) is 0 Å². The molecule has 0 heterocycles. The Morgan fingerprint density at radius 1 is 0.897 bits per heavy atom. The lowest BCUT2D eigenvalue weighted by Crippen LogP contribution is -2.06. The Morgan fingerprint density at radius 3 is 2.31 bits per heavy atom. The maximum absolute atomic E-state index is 11.0. The topological polar surface area (TPSA) is 44.8 Å². The molecular formula is C25H22O4. The van der Waals surface area contributed by atoms with Crippen LogP contribution in [0.5, 0.6) is 11.5 Å². The predicted octanol–water partition coefficient (Wildman–Crippen LogP) is 4.75. The van der Waals surface area contributed by atoms with Gasteiger partial charge in [-0.15, -0.1) is 0 Å². The largest absolute Gasteiger partial charge is 0.497 e. The van der Waals surface area contributed by atoms with Gasteiger partial charge in [0.05, 0.1) is 20.3 Å². The van der Waals surface area contributed by atoms with Crippen molar-refractivity contribution < 1.29 is 19.0 Å². The molecule has 0 aliphatic carbocycles. The van der Waals surface area contributed by atoms with Crippen LogP contribution in [0.3, 0.4) is 0 Å². The summed E-state index contributed by atoms with van der Waals surface area (Å²) in [5.74, 6) is 7.55. The van der Waals surface area contributed by atoms with Crippen LogP contribution in [0.2, 0.25) is 0 Å². The fraction of sp³-hybridized carbons (Fsp3) is 0.160. The van der Waals surface area contributed by atoms with E-state index in [2.05, 4.69) is 24.5 Å². The number of carbonyl (C=O) groups excluding carboxylic acids is 1. The van der Waals surface area contributed by atoms with Crippen LogP contribution in [0.25, 0.3) is 10.8 Å². The molecule has 0 aliphatic heterocycles. The van der Waals surface area contributed by atoms with Gasteiger partial charge in [-0.05, 0) is 59.3 Å². The third-order valence-corrected chi connectivity index (χ3v) is 4.22. The molecule has 0 bridgehead atoms. The molecule has 3 aromatic carbocycles. The van der Waals surface area contributed by atoms with Gasteiger partial charge in [-0.1, -0.05) is 30.6 Å². The summed E-state index contributed by atoms with van der Waals surface area (Å²) in [5.41, 5.74) is 1.89. The molecule has 4 nitrogen and oxygen atoms in total. The normalized spacial score (nSPS) is 9.97. The second kappa shape index (κ2) is 10.0. The van der Waals surface area contributed by atoms with E-state index in [0.717, 1.165) is 39.5 Å². The first-order valence-corrected chi connectivity index (χ1v) is 9.30. The standard InChI is InChI=1S/C25H22O4/c1-3-25(26)29-16-4-15-28-24-14-11-21-17-20(7-10-22(21)18-24)6-5-19-8-12-23(27-2)13-9-19/h3,7-14,17-18H,1,4,15-16H2,2H3. The fourth-order valence-electron chi connectivity index (χ4n) is 2.69. The highest BCUT2D eigenvalue weighted by Gasteiger charge is 2.00.